The molecule has 0 aliphatic heterocycles. The first-order valence-electron chi connectivity index (χ1n) is 4.48. The number of hydrogen-bond donors (Lipinski definition) is 1. The number of nitrogens with zero attached hydrogens (tertiary/aromatic N) is 2. The molecule has 0 saturated carbocycles. The van der Waals surface area contributed by atoms with E-state index in [4.69, 9.17) is 0 Å². The lowest BCUT2D eigenvalue weighted by molar-refractivity contribution is 0.0950. The number of carbonyl (C=O) groups excluding carboxylic acids is 1. The minimum atomic E-state index is -0.109. The number of amides is 1. The van der Waals surface area contributed by atoms with Crippen molar-refractivity contribution in [2.45, 2.75) is 26.8 Å². The van der Waals surface area contributed by atoms with E-state index < -0.39 is 0 Å². The third kappa shape index (κ3) is 2.31. The van der Waals surface area contributed by atoms with Crippen LogP contribution in [0.4, 0.5) is 0 Å². The van der Waals surface area contributed by atoms with Crippen LogP contribution in [0.1, 0.15) is 37.3 Å². The SMILES string of the molecule is CCNC(=O)c1ccn(C(C)C)n1. The van der Waals surface area contributed by atoms with Crippen molar-refractivity contribution < 1.29 is 4.79 Å². The second-order valence-corrected chi connectivity index (χ2v) is 3.13. The lowest BCUT2D eigenvalue weighted by Gasteiger charge is -2.03. The van der Waals surface area contributed by atoms with Gasteiger partial charge < -0.3 is 5.32 Å². The zero-order valence-corrected chi connectivity index (χ0v) is 8.24. The van der Waals surface area contributed by atoms with Crippen molar-refractivity contribution in [3.63, 3.8) is 0 Å². The van der Waals surface area contributed by atoms with E-state index in [0.29, 0.717) is 18.3 Å². The Kier molecular flexibility index (Phi) is 3.06. The highest BCUT2D eigenvalue weighted by molar-refractivity contribution is 5.92. The maximum absolute atomic E-state index is 11.3. The second kappa shape index (κ2) is 4.07. The Labute approximate surface area is 77.9 Å². The van der Waals surface area contributed by atoms with Gasteiger partial charge in [0.05, 0.1) is 0 Å². The number of carbonyl (C=O) groups is 1. The van der Waals surface area contributed by atoms with Gasteiger partial charge in [-0.2, -0.15) is 5.10 Å². The van der Waals surface area contributed by atoms with Crippen molar-refractivity contribution in [1.29, 1.82) is 0 Å². The molecule has 0 aliphatic carbocycles. The summed E-state index contributed by atoms with van der Waals surface area (Å²) in [7, 11) is 0. The van der Waals surface area contributed by atoms with E-state index in [1.54, 1.807) is 10.7 Å². The number of rotatable bonds is 3. The molecule has 1 heterocycles. The van der Waals surface area contributed by atoms with Crippen molar-refractivity contribution in [3.05, 3.63) is 18.0 Å². The second-order valence-electron chi connectivity index (χ2n) is 3.13. The predicted octanol–water partition coefficient (Wildman–Crippen LogP) is 1.21. The normalized spacial score (nSPS) is 10.5. The fourth-order valence-corrected chi connectivity index (χ4v) is 0.998. The molecule has 1 amide bonds. The van der Waals surface area contributed by atoms with Gasteiger partial charge in [-0.3, -0.25) is 9.48 Å². The molecule has 4 heteroatoms. The molecule has 0 aliphatic rings. The van der Waals surface area contributed by atoms with Gasteiger partial charge in [-0.25, -0.2) is 0 Å². The highest BCUT2D eigenvalue weighted by Crippen LogP contribution is 2.03. The summed E-state index contributed by atoms with van der Waals surface area (Å²) in [6.45, 7) is 6.56. The molecule has 0 fully saturated rings. The zero-order valence-electron chi connectivity index (χ0n) is 8.24. The maximum atomic E-state index is 11.3. The first-order chi connectivity index (χ1) is 6.15. The number of aromatic nitrogens is 2. The van der Waals surface area contributed by atoms with E-state index >= 15 is 0 Å². The minimum absolute atomic E-state index is 0.109. The molecule has 4 nitrogen and oxygen atoms in total. The molecular formula is C9H15N3O. The molecule has 0 saturated heterocycles. The maximum Gasteiger partial charge on any atom is 0.271 e. The highest BCUT2D eigenvalue weighted by Gasteiger charge is 2.08. The fraction of sp³-hybridized carbons (Fsp3) is 0.556. The summed E-state index contributed by atoms with van der Waals surface area (Å²) in [6, 6.07) is 2.02. The number of hydrogen-bond acceptors (Lipinski definition) is 2. The molecule has 0 unspecified atom stereocenters. The molecule has 0 radical (unpaired) electrons. The van der Waals surface area contributed by atoms with Crippen LogP contribution in [0.25, 0.3) is 0 Å². The molecule has 0 bridgehead atoms. The summed E-state index contributed by atoms with van der Waals surface area (Å²) in [6.07, 6.45) is 1.81. The van der Waals surface area contributed by atoms with E-state index in [0.717, 1.165) is 0 Å². The van der Waals surface area contributed by atoms with Crippen LogP contribution in [0.5, 0.6) is 0 Å². The first-order valence-corrected chi connectivity index (χ1v) is 4.48. The van der Waals surface area contributed by atoms with Gasteiger partial charge in [0.2, 0.25) is 0 Å². The molecule has 13 heavy (non-hydrogen) atoms. The van der Waals surface area contributed by atoms with Crippen LogP contribution in [-0.2, 0) is 0 Å². The first kappa shape index (κ1) is 9.77. The Hall–Kier alpha value is -1.32. The van der Waals surface area contributed by atoms with Crippen LogP contribution in [0.3, 0.4) is 0 Å². The van der Waals surface area contributed by atoms with Gasteiger partial charge in [0, 0.05) is 18.8 Å². The van der Waals surface area contributed by atoms with Crippen LogP contribution >= 0.6 is 0 Å². The average molecular weight is 181 g/mol. The molecule has 0 aromatic carbocycles. The molecule has 1 aromatic rings. The Morgan fingerprint density at radius 2 is 2.38 bits per heavy atom. The fourth-order valence-electron chi connectivity index (χ4n) is 0.998. The van der Waals surface area contributed by atoms with Gasteiger partial charge in [0.25, 0.3) is 5.91 Å². The van der Waals surface area contributed by atoms with E-state index in [1.165, 1.54) is 0 Å². The van der Waals surface area contributed by atoms with Crippen molar-refractivity contribution in [3.8, 4) is 0 Å². The standard InChI is InChI=1S/C9H15N3O/c1-4-10-9(13)8-5-6-12(11-8)7(2)3/h5-7H,4H2,1-3H3,(H,10,13). The average Bonchev–Trinajstić information content (AvgIpc) is 2.52. The molecular weight excluding hydrogens is 166 g/mol. The molecule has 1 rings (SSSR count). The topological polar surface area (TPSA) is 46.9 Å². The van der Waals surface area contributed by atoms with Crippen molar-refractivity contribution >= 4 is 5.91 Å². The smallest absolute Gasteiger partial charge is 0.271 e. The molecule has 1 N–H and O–H groups in total. The summed E-state index contributed by atoms with van der Waals surface area (Å²) < 4.78 is 1.77. The minimum Gasteiger partial charge on any atom is -0.351 e. The van der Waals surface area contributed by atoms with Crippen molar-refractivity contribution in [1.82, 2.24) is 15.1 Å². The van der Waals surface area contributed by atoms with Gasteiger partial charge in [-0.15, -0.1) is 0 Å². The van der Waals surface area contributed by atoms with Gasteiger partial charge in [0.15, 0.2) is 0 Å². The van der Waals surface area contributed by atoms with Crippen LogP contribution in [0.15, 0.2) is 12.3 Å². The Morgan fingerprint density at radius 1 is 1.69 bits per heavy atom. The Balaban J connectivity index is 2.73. The zero-order chi connectivity index (χ0) is 9.84. The van der Waals surface area contributed by atoms with E-state index in [2.05, 4.69) is 10.4 Å². The third-order valence-electron chi connectivity index (χ3n) is 1.71. The summed E-state index contributed by atoms with van der Waals surface area (Å²) in [5, 5.41) is 6.83. The van der Waals surface area contributed by atoms with Crippen LogP contribution in [0.2, 0.25) is 0 Å². The lowest BCUT2D eigenvalue weighted by Crippen LogP contribution is -2.23. The monoisotopic (exact) mass is 181 g/mol. The lowest BCUT2D eigenvalue weighted by atomic mass is 10.4. The molecule has 0 spiro atoms. The van der Waals surface area contributed by atoms with Gasteiger partial charge >= 0.3 is 0 Å². The highest BCUT2D eigenvalue weighted by atomic mass is 16.1. The van der Waals surface area contributed by atoms with E-state index in [9.17, 15) is 4.79 Å². The largest absolute Gasteiger partial charge is 0.351 e. The van der Waals surface area contributed by atoms with Crippen LogP contribution in [0, 0.1) is 0 Å². The Bertz CT molecular complexity index is 291. The summed E-state index contributed by atoms with van der Waals surface area (Å²) >= 11 is 0. The quantitative estimate of drug-likeness (QED) is 0.762. The molecule has 1 aromatic heterocycles. The predicted molar refractivity (Wildman–Crippen MR) is 50.6 cm³/mol. The Morgan fingerprint density at radius 3 is 2.85 bits per heavy atom. The van der Waals surface area contributed by atoms with Gasteiger partial charge in [-0.05, 0) is 26.8 Å². The van der Waals surface area contributed by atoms with Gasteiger partial charge in [-0.1, -0.05) is 0 Å². The van der Waals surface area contributed by atoms with Gasteiger partial charge in [0.1, 0.15) is 5.69 Å². The molecule has 0 atom stereocenters. The number of nitrogens with one attached hydrogen (secondary N) is 1. The third-order valence-corrected chi connectivity index (χ3v) is 1.71. The van der Waals surface area contributed by atoms with E-state index in [1.807, 2.05) is 27.0 Å². The molecule has 72 valence electrons. The van der Waals surface area contributed by atoms with Crippen molar-refractivity contribution in [2.75, 3.05) is 6.54 Å². The summed E-state index contributed by atoms with van der Waals surface area (Å²) in [4.78, 5) is 11.3. The summed E-state index contributed by atoms with van der Waals surface area (Å²) in [5.41, 5.74) is 0.482. The van der Waals surface area contributed by atoms with Crippen molar-refractivity contribution in [2.24, 2.45) is 0 Å². The van der Waals surface area contributed by atoms with E-state index in [-0.39, 0.29) is 5.91 Å². The summed E-state index contributed by atoms with van der Waals surface area (Å²) in [5.74, 6) is -0.109. The van der Waals surface area contributed by atoms with Crippen LogP contribution < -0.4 is 5.32 Å². The van der Waals surface area contributed by atoms with Crippen LogP contribution in [-0.4, -0.2) is 22.2 Å².